The monoisotopic (exact) mass is 441 g/mol. The van der Waals surface area contributed by atoms with Gasteiger partial charge in [-0.25, -0.2) is 0 Å². The summed E-state index contributed by atoms with van der Waals surface area (Å²) in [6.45, 7) is 9.94. The molecule has 1 aromatic rings. The van der Waals surface area contributed by atoms with E-state index in [9.17, 15) is 4.79 Å². The van der Waals surface area contributed by atoms with Crippen molar-refractivity contribution in [2.75, 3.05) is 50.8 Å². The lowest BCUT2D eigenvalue weighted by atomic mass is 10.0. The molecule has 26 heavy (non-hydrogen) atoms. The summed E-state index contributed by atoms with van der Waals surface area (Å²) in [6, 6.07) is 7.92. The van der Waals surface area contributed by atoms with Crippen LogP contribution in [0.4, 0.5) is 0 Å². The molecule has 0 radical (unpaired) electrons. The van der Waals surface area contributed by atoms with Crippen LogP contribution in [0.5, 0.6) is 0 Å². The summed E-state index contributed by atoms with van der Waals surface area (Å²) in [7, 11) is 0. The molecule has 4 nitrogen and oxygen atoms in total. The average molecular weight is 443 g/mol. The zero-order chi connectivity index (χ0) is 17.4. The van der Waals surface area contributed by atoms with Crippen LogP contribution in [0, 0.1) is 0 Å². The summed E-state index contributed by atoms with van der Waals surface area (Å²) in [4.78, 5) is 17.1. The molecule has 0 spiro atoms. The first kappa shape index (κ1) is 25.8. The molecular formula is C18H30Cl3N3OS. The van der Waals surface area contributed by atoms with Crippen LogP contribution in [0.2, 0.25) is 5.02 Å². The Balaban J connectivity index is 0.00000312. The molecule has 0 aliphatic carbocycles. The molecule has 1 saturated heterocycles. The fourth-order valence-corrected chi connectivity index (χ4v) is 4.06. The summed E-state index contributed by atoms with van der Waals surface area (Å²) >= 11 is 7.85. The zero-order valence-electron chi connectivity index (χ0n) is 15.4. The van der Waals surface area contributed by atoms with E-state index in [0.717, 1.165) is 55.6 Å². The molecule has 150 valence electrons. The maximum absolute atomic E-state index is 12.7. The van der Waals surface area contributed by atoms with Gasteiger partial charge in [-0.05, 0) is 30.8 Å². The molecular weight excluding hydrogens is 413 g/mol. The number of nitrogens with one attached hydrogen (secondary N) is 1. The van der Waals surface area contributed by atoms with E-state index in [-0.39, 0.29) is 36.8 Å². The summed E-state index contributed by atoms with van der Waals surface area (Å²) in [6.07, 6.45) is 0. The van der Waals surface area contributed by atoms with E-state index < -0.39 is 0 Å². The van der Waals surface area contributed by atoms with E-state index in [1.807, 2.05) is 23.1 Å². The van der Waals surface area contributed by atoms with Crippen molar-refractivity contribution in [1.82, 2.24) is 15.1 Å². The van der Waals surface area contributed by atoms with Crippen molar-refractivity contribution in [1.29, 1.82) is 0 Å². The van der Waals surface area contributed by atoms with Gasteiger partial charge in [0.15, 0.2) is 0 Å². The van der Waals surface area contributed by atoms with Gasteiger partial charge in [-0.1, -0.05) is 37.6 Å². The molecule has 1 aromatic carbocycles. The molecule has 1 unspecified atom stereocenters. The third kappa shape index (κ3) is 7.83. The quantitative estimate of drug-likeness (QED) is 0.622. The minimum Gasteiger partial charge on any atom is -0.332 e. The Bertz CT molecular complexity index is 532. The van der Waals surface area contributed by atoms with Gasteiger partial charge in [0, 0.05) is 37.0 Å². The van der Waals surface area contributed by atoms with Crippen molar-refractivity contribution in [2.45, 2.75) is 19.9 Å². The average Bonchev–Trinajstić information content (AvgIpc) is 2.61. The Kier molecular flexibility index (Phi) is 13.8. The fourth-order valence-electron chi connectivity index (χ4n) is 2.99. The fraction of sp³-hybridized carbons (Fsp3) is 0.611. The van der Waals surface area contributed by atoms with Crippen molar-refractivity contribution >= 4 is 54.1 Å². The second-order valence-corrected chi connectivity index (χ2v) is 7.48. The van der Waals surface area contributed by atoms with Crippen LogP contribution in [0.25, 0.3) is 0 Å². The predicted molar refractivity (Wildman–Crippen MR) is 118 cm³/mol. The van der Waals surface area contributed by atoms with Crippen LogP contribution in [-0.2, 0) is 4.79 Å². The highest BCUT2D eigenvalue weighted by Crippen LogP contribution is 2.25. The van der Waals surface area contributed by atoms with Gasteiger partial charge in [-0.3, -0.25) is 4.79 Å². The largest absolute Gasteiger partial charge is 0.332 e. The molecule has 8 heteroatoms. The van der Waals surface area contributed by atoms with Gasteiger partial charge in [0.2, 0.25) is 5.91 Å². The molecule has 1 aliphatic rings. The highest BCUT2D eigenvalue weighted by Gasteiger charge is 2.27. The number of hydrogen-bond acceptors (Lipinski definition) is 4. The molecule has 1 N–H and O–H groups in total. The molecule has 1 heterocycles. The molecule has 2 rings (SSSR count). The molecule has 0 aromatic heterocycles. The molecule has 0 saturated carbocycles. The second-order valence-electron chi connectivity index (χ2n) is 5.94. The van der Waals surface area contributed by atoms with Gasteiger partial charge in [0.05, 0.1) is 11.8 Å². The number of halogens is 3. The van der Waals surface area contributed by atoms with Gasteiger partial charge in [-0.15, -0.1) is 24.8 Å². The topological polar surface area (TPSA) is 35.6 Å². The lowest BCUT2D eigenvalue weighted by Gasteiger charge is -2.36. The number of carbonyl (C=O) groups excluding carboxylic acids is 1. The third-order valence-electron chi connectivity index (χ3n) is 4.47. The van der Waals surface area contributed by atoms with Crippen LogP contribution in [0.15, 0.2) is 24.3 Å². The van der Waals surface area contributed by atoms with Gasteiger partial charge in [-0.2, -0.15) is 11.8 Å². The second kappa shape index (κ2) is 13.9. The maximum Gasteiger partial charge on any atom is 0.233 e. The summed E-state index contributed by atoms with van der Waals surface area (Å²) < 4.78 is 0. The van der Waals surface area contributed by atoms with E-state index in [1.54, 1.807) is 11.8 Å². The minimum atomic E-state index is 0. The predicted octanol–water partition coefficient (Wildman–Crippen LogP) is 3.73. The zero-order valence-corrected chi connectivity index (χ0v) is 18.7. The van der Waals surface area contributed by atoms with Crippen LogP contribution < -0.4 is 5.32 Å². The smallest absolute Gasteiger partial charge is 0.233 e. The van der Waals surface area contributed by atoms with E-state index in [0.29, 0.717) is 5.75 Å². The number of nitrogens with zero attached hydrogens (tertiary/aromatic N) is 2. The van der Waals surface area contributed by atoms with Crippen LogP contribution in [0.3, 0.4) is 0 Å². The van der Waals surface area contributed by atoms with Crippen molar-refractivity contribution in [3.63, 3.8) is 0 Å². The minimum absolute atomic E-state index is 0. The van der Waals surface area contributed by atoms with Crippen LogP contribution >= 0.6 is 48.2 Å². The number of rotatable bonds is 8. The number of carbonyl (C=O) groups is 1. The Labute approximate surface area is 179 Å². The Morgan fingerprint density at radius 3 is 2.73 bits per heavy atom. The summed E-state index contributed by atoms with van der Waals surface area (Å²) in [5.41, 5.74) is 1.11. The van der Waals surface area contributed by atoms with Crippen molar-refractivity contribution in [3.8, 4) is 0 Å². The third-order valence-corrected chi connectivity index (χ3v) is 5.63. The molecule has 1 amide bonds. The van der Waals surface area contributed by atoms with Gasteiger partial charge < -0.3 is 15.1 Å². The van der Waals surface area contributed by atoms with E-state index in [2.05, 4.69) is 30.1 Å². The van der Waals surface area contributed by atoms with E-state index >= 15 is 0 Å². The van der Waals surface area contributed by atoms with Crippen molar-refractivity contribution in [3.05, 3.63) is 34.9 Å². The lowest BCUT2D eigenvalue weighted by molar-refractivity contribution is -0.131. The van der Waals surface area contributed by atoms with Crippen LogP contribution in [0.1, 0.15) is 25.5 Å². The summed E-state index contributed by atoms with van der Waals surface area (Å²) in [5, 5.41) is 4.11. The molecule has 0 bridgehead atoms. The van der Waals surface area contributed by atoms with Gasteiger partial charge >= 0.3 is 0 Å². The first-order chi connectivity index (χ1) is 11.7. The number of benzene rings is 1. The Morgan fingerprint density at radius 2 is 2.08 bits per heavy atom. The molecule has 1 aliphatic heterocycles. The normalized spacial score (nSPS) is 16.8. The number of amides is 1. The first-order valence-corrected chi connectivity index (χ1v) is 10.2. The lowest BCUT2D eigenvalue weighted by Crippen LogP contribution is -2.49. The number of thioether (sulfide) groups is 1. The Morgan fingerprint density at radius 1 is 1.35 bits per heavy atom. The molecule has 1 atom stereocenters. The number of hydrogen-bond donors (Lipinski definition) is 1. The highest BCUT2D eigenvalue weighted by molar-refractivity contribution is 7.99. The number of piperazine rings is 1. The first-order valence-electron chi connectivity index (χ1n) is 8.71. The Hall–Kier alpha value is -0.170. The highest BCUT2D eigenvalue weighted by atomic mass is 35.5. The van der Waals surface area contributed by atoms with E-state index in [4.69, 9.17) is 11.6 Å². The van der Waals surface area contributed by atoms with Crippen molar-refractivity contribution < 1.29 is 4.79 Å². The van der Waals surface area contributed by atoms with Crippen molar-refractivity contribution in [2.24, 2.45) is 0 Å². The van der Waals surface area contributed by atoms with Crippen LogP contribution in [-0.4, -0.2) is 66.5 Å². The molecule has 1 fully saturated rings. The van der Waals surface area contributed by atoms with Gasteiger partial charge in [0.25, 0.3) is 0 Å². The van der Waals surface area contributed by atoms with E-state index in [1.165, 1.54) is 0 Å². The standard InChI is InChI=1S/C18H28ClN3OS.2ClH/c1-3-21(4-2)10-11-24-14-18(23)22-9-8-20-13-17(22)15-6-5-7-16(19)12-15;;/h5-7,12,17,20H,3-4,8-11,13-14H2,1-2H3;2*1H. The van der Waals surface area contributed by atoms with Gasteiger partial charge in [0.1, 0.15) is 0 Å². The maximum atomic E-state index is 12.7. The summed E-state index contributed by atoms with van der Waals surface area (Å²) in [5.74, 6) is 1.78. The SMILES string of the molecule is CCN(CC)CCSCC(=O)N1CCNCC1c1cccc(Cl)c1.Cl.Cl.